The summed E-state index contributed by atoms with van der Waals surface area (Å²) in [7, 11) is 1.70. The fraction of sp³-hybridized carbons (Fsp3) is 0.688. The van der Waals surface area contributed by atoms with Crippen molar-refractivity contribution in [2.75, 3.05) is 20.3 Å². The van der Waals surface area contributed by atoms with Gasteiger partial charge in [0, 0.05) is 24.9 Å². The first-order valence-electron chi connectivity index (χ1n) is 14.5. The molecule has 5 aliphatic carbocycles. The fourth-order valence-electron chi connectivity index (χ4n) is 9.32. The molecule has 5 nitrogen and oxygen atoms in total. The Morgan fingerprint density at radius 1 is 1.16 bits per heavy atom. The predicted molar refractivity (Wildman–Crippen MR) is 149 cm³/mol. The number of aliphatic hydroxyl groups is 1. The second-order valence-electron chi connectivity index (χ2n) is 12.7. The van der Waals surface area contributed by atoms with Crippen LogP contribution in [0.4, 0.5) is 0 Å². The predicted octanol–water partition coefficient (Wildman–Crippen LogP) is 5.78. The molecule has 4 saturated carbocycles. The van der Waals surface area contributed by atoms with E-state index in [4.69, 9.17) is 4.74 Å². The highest BCUT2D eigenvalue weighted by molar-refractivity contribution is 6.12. The van der Waals surface area contributed by atoms with Gasteiger partial charge in [-0.25, -0.2) is 0 Å². The Morgan fingerprint density at radius 2 is 1.97 bits per heavy atom. The Kier molecular flexibility index (Phi) is 7.66. The SMILES string of the molecule is C=C/N=C1/C=CC(NCC(=O)[C@H]2CCC3C4CC[C@@H]5C[C@@](O)(COC)CC[C@@H]5C4CC[C@@]32C)=C/C1=C/C. The van der Waals surface area contributed by atoms with Gasteiger partial charge in [0.1, 0.15) is 0 Å². The minimum atomic E-state index is -0.625. The van der Waals surface area contributed by atoms with E-state index in [-0.39, 0.29) is 11.3 Å². The molecule has 8 atom stereocenters. The van der Waals surface area contributed by atoms with Crippen molar-refractivity contribution < 1.29 is 14.6 Å². The van der Waals surface area contributed by atoms with Gasteiger partial charge in [-0.3, -0.25) is 9.79 Å². The Hall–Kier alpha value is -1.98. The normalized spacial score (nSPS) is 43.1. The summed E-state index contributed by atoms with van der Waals surface area (Å²) in [6.07, 6.45) is 19.7. The maximum atomic E-state index is 13.6. The van der Waals surface area contributed by atoms with Crippen molar-refractivity contribution in [2.24, 2.45) is 45.9 Å². The molecule has 0 bridgehead atoms. The number of ether oxygens (including phenoxy) is 1. The van der Waals surface area contributed by atoms with Crippen molar-refractivity contribution in [2.45, 2.75) is 77.2 Å². The van der Waals surface area contributed by atoms with Crippen LogP contribution in [0.3, 0.4) is 0 Å². The van der Waals surface area contributed by atoms with Crippen LogP contribution in [-0.2, 0) is 9.53 Å². The molecule has 0 aromatic heterocycles. The smallest absolute Gasteiger partial charge is 0.155 e. The molecule has 4 fully saturated rings. The number of nitrogens with zero attached hydrogens (tertiary/aromatic N) is 1. The lowest BCUT2D eigenvalue weighted by Crippen LogP contribution is -2.52. The molecular formula is C32H46N2O3. The lowest BCUT2D eigenvalue weighted by molar-refractivity contribution is -0.135. The zero-order valence-electron chi connectivity index (χ0n) is 23.0. The van der Waals surface area contributed by atoms with Crippen LogP contribution in [0.15, 0.2) is 53.3 Å². The Balaban J connectivity index is 1.22. The van der Waals surface area contributed by atoms with E-state index >= 15 is 0 Å². The number of ketones is 1. The number of methoxy groups -OCH3 is 1. The number of allylic oxidation sites excluding steroid dienone is 5. The summed E-state index contributed by atoms with van der Waals surface area (Å²) in [4.78, 5) is 17.9. The highest BCUT2D eigenvalue weighted by Gasteiger charge is 2.58. The van der Waals surface area contributed by atoms with Crippen LogP contribution < -0.4 is 5.32 Å². The molecule has 3 unspecified atom stereocenters. The minimum Gasteiger partial charge on any atom is -0.387 e. The van der Waals surface area contributed by atoms with Gasteiger partial charge < -0.3 is 15.2 Å². The Bertz CT molecular complexity index is 1030. The van der Waals surface area contributed by atoms with Crippen LogP contribution in [0.5, 0.6) is 0 Å². The summed E-state index contributed by atoms with van der Waals surface area (Å²) in [6.45, 7) is 9.00. The topological polar surface area (TPSA) is 70.9 Å². The van der Waals surface area contributed by atoms with Gasteiger partial charge in [-0.05, 0) is 124 Å². The van der Waals surface area contributed by atoms with Crippen molar-refractivity contribution in [1.29, 1.82) is 0 Å². The molecule has 0 aromatic carbocycles. The van der Waals surface area contributed by atoms with E-state index in [1.807, 2.05) is 25.2 Å². The number of carbonyl (C=O) groups is 1. The molecule has 0 aliphatic heterocycles. The summed E-state index contributed by atoms with van der Waals surface area (Å²) in [6, 6.07) is 0. The van der Waals surface area contributed by atoms with Gasteiger partial charge in [-0.2, -0.15) is 0 Å². The molecule has 0 heterocycles. The quantitative estimate of drug-likeness (QED) is 0.459. The second kappa shape index (κ2) is 10.6. The maximum Gasteiger partial charge on any atom is 0.155 e. The zero-order valence-corrected chi connectivity index (χ0v) is 23.0. The third-order valence-electron chi connectivity index (χ3n) is 10.9. The van der Waals surface area contributed by atoms with Gasteiger partial charge in [0.05, 0.1) is 24.5 Å². The molecule has 2 N–H and O–H groups in total. The van der Waals surface area contributed by atoms with Gasteiger partial charge in [0.25, 0.3) is 0 Å². The highest BCUT2D eigenvalue weighted by Crippen LogP contribution is 2.64. The monoisotopic (exact) mass is 506 g/mol. The fourth-order valence-corrected chi connectivity index (χ4v) is 9.32. The summed E-state index contributed by atoms with van der Waals surface area (Å²) >= 11 is 0. The number of fused-ring (bicyclic) bond motifs is 5. The lowest BCUT2D eigenvalue weighted by atomic mass is 9.49. The molecule has 5 aliphatic rings. The van der Waals surface area contributed by atoms with Crippen LogP contribution in [0.1, 0.15) is 71.6 Å². The first-order chi connectivity index (χ1) is 17.8. The number of carbonyl (C=O) groups excluding carboxylic acids is 1. The molecule has 5 rings (SSSR count). The van der Waals surface area contributed by atoms with Crippen LogP contribution in [0, 0.1) is 40.9 Å². The van der Waals surface area contributed by atoms with E-state index in [0.717, 1.165) is 60.4 Å². The molecule has 0 amide bonds. The van der Waals surface area contributed by atoms with Gasteiger partial charge in [0.15, 0.2) is 5.78 Å². The van der Waals surface area contributed by atoms with Gasteiger partial charge in [0.2, 0.25) is 0 Å². The Morgan fingerprint density at radius 3 is 2.73 bits per heavy atom. The van der Waals surface area contributed by atoms with Gasteiger partial charge >= 0.3 is 0 Å². The first kappa shape index (κ1) is 26.6. The van der Waals surface area contributed by atoms with E-state index < -0.39 is 5.60 Å². The van der Waals surface area contributed by atoms with Crippen LogP contribution in [0.25, 0.3) is 0 Å². The molecule has 37 heavy (non-hydrogen) atoms. The van der Waals surface area contributed by atoms with E-state index in [1.54, 1.807) is 13.3 Å². The van der Waals surface area contributed by atoms with Crippen molar-refractivity contribution in [3.05, 3.63) is 48.4 Å². The number of rotatable bonds is 7. The number of aliphatic imine (C=N–C) groups is 1. The van der Waals surface area contributed by atoms with Crippen molar-refractivity contribution in [1.82, 2.24) is 5.32 Å². The third-order valence-corrected chi connectivity index (χ3v) is 10.9. The number of hydrogen-bond acceptors (Lipinski definition) is 5. The first-order valence-corrected chi connectivity index (χ1v) is 14.5. The van der Waals surface area contributed by atoms with E-state index in [0.29, 0.717) is 30.8 Å². The van der Waals surface area contributed by atoms with Crippen molar-refractivity contribution >= 4 is 11.5 Å². The average molecular weight is 507 g/mol. The van der Waals surface area contributed by atoms with Gasteiger partial charge in [-0.15, -0.1) is 0 Å². The molecule has 0 saturated heterocycles. The average Bonchev–Trinajstić information content (AvgIpc) is 3.25. The minimum absolute atomic E-state index is 0.132. The molecule has 0 radical (unpaired) electrons. The molecule has 5 heteroatoms. The summed E-state index contributed by atoms with van der Waals surface area (Å²) < 4.78 is 5.35. The van der Waals surface area contributed by atoms with Gasteiger partial charge in [-0.1, -0.05) is 19.6 Å². The second-order valence-corrected chi connectivity index (χ2v) is 12.7. The van der Waals surface area contributed by atoms with Crippen LogP contribution in [-0.4, -0.2) is 42.5 Å². The maximum absolute atomic E-state index is 13.6. The van der Waals surface area contributed by atoms with E-state index in [9.17, 15) is 9.90 Å². The van der Waals surface area contributed by atoms with Crippen LogP contribution in [0.2, 0.25) is 0 Å². The van der Waals surface area contributed by atoms with Crippen LogP contribution >= 0.6 is 0 Å². The van der Waals surface area contributed by atoms with Crippen molar-refractivity contribution in [3.8, 4) is 0 Å². The Labute approximate surface area is 223 Å². The number of nitrogens with one attached hydrogen (secondary N) is 1. The van der Waals surface area contributed by atoms with Crippen molar-refractivity contribution in [3.63, 3.8) is 0 Å². The largest absolute Gasteiger partial charge is 0.387 e. The summed E-state index contributed by atoms with van der Waals surface area (Å²) in [5, 5.41) is 14.4. The summed E-state index contributed by atoms with van der Waals surface area (Å²) in [5.41, 5.74) is 2.42. The van der Waals surface area contributed by atoms with E-state index in [1.165, 1.54) is 32.1 Å². The van der Waals surface area contributed by atoms with E-state index in [2.05, 4.69) is 29.9 Å². The highest BCUT2D eigenvalue weighted by atomic mass is 16.5. The molecule has 0 spiro atoms. The number of hydrogen-bond donors (Lipinski definition) is 2. The zero-order chi connectivity index (χ0) is 26.2. The third kappa shape index (κ3) is 4.94. The lowest BCUT2D eigenvalue weighted by Gasteiger charge is -2.57. The molecular weight excluding hydrogens is 460 g/mol. The molecule has 0 aromatic rings. The molecule has 202 valence electrons. The standard InChI is InChI=1S/C32H46N2O3/c1-5-21-17-23(8-12-29(21)33-6-2)34-19-30(35)28-11-10-27-26-9-7-22-18-32(36,20-37-4)16-14-24(22)25(26)13-15-31(27,28)3/h5-6,8,12,17,22,24-28,34,36H,2,7,9-11,13-16,18-20H2,1,3-4H3/b21-5-,33-29-/t22-,24+,25?,26?,27?,28-,31+,32-/m1/s1. The number of Topliss-reactive ketones (excluding diaryl/α,β-unsaturated/α-hetero) is 1. The summed E-state index contributed by atoms with van der Waals surface area (Å²) in [5.74, 6) is 4.12.